The molecule has 1 fully saturated rings. The average Bonchev–Trinajstić information content (AvgIpc) is 2.98. The molecule has 0 radical (unpaired) electrons. The molecule has 1 aromatic heterocycles. The van der Waals surface area contributed by atoms with E-state index < -0.39 is 0 Å². The topological polar surface area (TPSA) is 18.5 Å². The zero-order valence-corrected chi connectivity index (χ0v) is 11.9. The standard InChI is InChI=1S/C16H18O2S/c1-2-12-4-6-13(7-5-12)14-8-11-19-15(14)16-17-9-3-10-18-16/h4-8,11,16H,2-3,9-10H2,1H3. The zero-order valence-electron chi connectivity index (χ0n) is 11.1. The summed E-state index contributed by atoms with van der Waals surface area (Å²) in [6.07, 6.45) is 1.88. The summed E-state index contributed by atoms with van der Waals surface area (Å²) < 4.78 is 11.4. The highest BCUT2D eigenvalue weighted by molar-refractivity contribution is 7.10. The molecule has 0 atom stereocenters. The van der Waals surface area contributed by atoms with Crippen molar-refractivity contribution in [2.75, 3.05) is 13.2 Å². The molecule has 2 heterocycles. The molecule has 2 nitrogen and oxygen atoms in total. The van der Waals surface area contributed by atoms with Gasteiger partial charge < -0.3 is 9.47 Å². The van der Waals surface area contributed by atoms with E-state index in [0.29, 0.717) is 0 Å². The van der Waals surface area contributed by atoms with Gasteiger partial charge in [-0.05, 0) is 35.4 Å². The first-order valence-corrected chi connectivity index (χ1v) is 7.66. The molecule has 1 aliphatic heterocycles. The fraction of sp³-hybridized carbons (Fsp3) is 0.375. The normalized spacial score (nSPS) is 16.7. The summed E-state index contributed by atoms with van der Waals surface area (Å²) in [7, 11) is 0. The number of benzene rings is 1. The Labute approximate surface area is 118 Å². The molecule has 1 aliphatic rings. The fourth-order valence-corrected chi connectivity index (χ4v) is 3.21. The first kappa shape index (κ1) is 12.9. The molecule has 0 unspecified atom stereocenters. The third-order valence-electron chi connectivity index (χ3n) is 3.41. The summed E-state index contributed by atoms with van der Waals surface area (Å²) in [5.74, 6) is 0. The lowest BCUT2D eigenvalue weighted by Crippen LogP contribution is -2.17. The molecule has 2 aromatic rings. The summed E-state index contributed by atoms with van der Waals surface area (Å²) in [6, 6.07) is 10.9. The Hall–Kier alpha value is -1.16. The van der Waals surface area contributed by atoms with Gasteiger partial charge in [0.05, 0.1) is 18.1 Å². The van der Waals surface area contributed by atoms with Crippen molar-refractivity contribution in [1.29, 1.82) is 0 Å². The number of hydrogen-bond donors (Lipinski definition) is 0. The lowest BCUT2D eigenvalue weighted by atomic mass is 10.0. The molecule has 3 rings (SSSR count). The molecule has 0 amide bonds. The van der Waals surface area contributed by atoms with Crippen molar-refractivity contribution in [3.05, 3.63) is 46.2 Å². The maximum Gasteiger partial charge on any atom is 0.193 e. The Morgan fingerprint density at radius 2 is 1.84 bits per heavy atom. The van der Waals surface area contributed by atoms with Gasteiger partial charge in [-0.3, -0.25) is 0 Å². The van der Waals surface area contributed by atoms with Gasteiger partial charge in [0, 0.05) is 5.56 Å². The quantitative estimate of drug-likeness (QED) is 0.825. The Morgan fingerprint density at radius 3 is 2.53 bits per heavy atom. The van der Waals surface area contributed by atoms with E-state index in [-0.39, 0.29) is 6.29 Å². The van der Waals surface area contributed by atoms with E-state index in [0.717, 1.165) is 26.1 Å². The van der Waals surface area contributed by atoms with Crippen molar-refractivity contribution in [2.45, 2.75) is 26.1 Å². The van der Waals surface area contributed by atoms with Crippen LogP contribution in [0.3, 0.4) is 0 Å². The number of aryl methyl sites for hydroxylation is 1. The molecule has 19 heavy (non-hydrogen) atoms. The Balaban J connectivity index is 1.89. The second kappa shape index (κ2) is 5.87. The number of ether oxygens (including phenoxy) is 2. The molecule has 1 aromatic carbocycles. The summed E-state index contributed by atoms with van der Waals surface area (Å²) >= 11 is 1.71. The van der Waals surface area contributed by atoms with Crippen LogP contribution in [0.1, 0.15) is 30.1 Å². The van der Waals surface area contributed by atoms with Crippen LogP contribution in [0.2, 0.25) is 0 Å². The second-order valence-corrected chi connectivity index (χ2v) is 5.62. The van der Waals surface area contributed by atoms with Crippen LogP contribution in [0.4, 0.5) is 0 Å². The van der Waals surface area contributed by atoms with Crippen molar-refractivity contribution in [3.8, 4) is 11.1 Å². The van der Waals surface area contributed by atoms with Crippen molar-refractivity contribution in [1.82, 2.24) is 0 Å². The van der Waals surface area contributed by atoms with E-state index >= 15 is 0 Å². The van der Waals surface area contributed by atoms with Gasteiger partial charge in [0.1, 0.15) is 0 Å². The first-order chi connectivity index (χ1) is 9.38. The van der Waals surface area contributed by atoms with Crippen molar-refractivity contribution in [2.24, 2.45) is 0 Å². The van der Waals surface area contributed by atoms with Crippen LogP contribution >= 0.6 is 11.3 Å². The van der Waals surface area contributed by atoms with E-state index in [1.165, 1.54) is 21.6 Å². The highest BCUT2D eigenvalue weighted by Crippen LogP contribution is 2.36. The molecular weight excluding hydrogens is 256 g/mol. The Morgan fingerprint density at radius 1 is 1.11 bits per heavy atom. The van der Waals surface area contributed by atoms with Gasteiger partial charge in [-0.15, -0.1) is 11.3 Å². The van der Waals surface area contributed by atoms with Crippen LogP contribution in [0, 0.1) is 0 Å². The predicted molar refractivity (Wildman–Crippen MR) is 78.4 cm³/mol. The van der Waals surface area contributed by atoms with Gasteiger partial charge in [-0.2, -0.15) is 0 Å². The monoisotopic (exact) mass is 274 g/mol. The van der Waals surface area contributed by atoms with E-state index in [1.807, 2.05) is 0 Å². The summed E-state index contributed by atoms with van der Waals surface area (Å²) in [4.78, 5) is 1.18. The minimum atomic E-state index is -0.186. The molecule has 3 heteroatoms. The highest BCUT2D eigenvalue weighted by atomic mass is 32.1. The number of rotatable bonds is 3. The summed E-state index contributed by atoms with van der Waals surface area (Å²) in [5, 5.41) is 2.11. The van der Waals surface area contributed by atoms with E-state index in [9.17, 15) is 0 Å². The third kappa shape index (κ3) is 2.73. The van der Waals surface area contributed by atoms with Gasteiger partial charge in [-0.25, -0.2) is 0 Å². The molecule has 1 saturated heterocycles. The van der Waals surface area contributed by atoms with Gasteiger partial charge in [0.15, 0.2) is 6.29 Å². The van der Waals surface area contributed by atoms with Gasteiger partial charge in [-0.1, -0.05) is 31.2 Å². The fourth-order valence-electron chi connectivity index (χ4n) is 2.30. The number of thiophene rings is 1. The van der Waals surface area contributed by atoms with E-state index in [1.54, 1.807) is 11.3 Å². The smallest absolute Gasteiger partial charge is 0.193 e. The maximum absolute atomic E-state index is 5.72. The Kier molecular flexibility index (Phi) is 3.97. The van der Waals surface area contributed by atoms with Gasteiger partial charge >= 0.3 is 0 Å². The predicted octanol–water partition coefficient (Wildman–Crippen LogP) is 4.41. The van der Waals surface area contributed by atoms with Crippen molar-refractivity contribution in [3.63, 3.8) is 0 Å². The van der Waals surface area contributed by atoms with Crippen LogP contribution in [0.5, 0.6) is 0 Å². The summed E-state index contributed by atoms with van der Waals surface area (Å²) in [5.41, 5.74) is 3.84. The second-order valence-electron chi connectivity index (χ2n) is 4.68. The average molecular weight is 274 g/mol. The third-order valence-corrected chi connectivity index (χ3v) is 4.35. The molecule has 0 saturated carbocycles. The molecule has 0 spiro atoms. The molecule has 0 aliphatic carbocycles. The minimum absolute atomic E-state index is 0.186. The lowest BCUT2D eigenvalue weighted by Gasteiger charge is -2.23. The van der Waals surface area contributed by atoms with Crippen LogP contribution in [0.25, 0.3) is 11.1 Å². The molecule has 100 valence electrons. The first-order valence-electron chi connectivity index (χ1n) is 6.78. The Bertz CT molecular complexity index is 524. The molecular formula is C16H18O2S. The van der Waals surface area contributed by atoms with E-state index in [4.69, 9.17) is 9.47 Å². The van der Waals surface area contributed by atoms with Crippen LogP contribution in [-0.2, 0) is 15.9 Å². The SMILES string of the molecule is CCc1ccc(-c2ccsc2C2OCCCO2)cc1. The van der Waals surface area contributed by atoms with Crippen LogP contribution < -0.4 is 0 Å². The molecule has 0 bridgehead atoms. The number of hydrogen-bond acceptors (Lipinski definition) is 3. The molecule has 0 N–H and O–H groups in total. The largest absolute Gasteiger partial charge is 0.348 e. The van der Waals surface area contributed by atoms with E-state index in [2.05, 4.69) is 42.6 Å². The van der Waals surface area contributed by atoms with Crippen molar-refractivity contribution >= 4 is 11.3 Å². The van der Waals surface area contributed by atoms with Gasteiger partial charge in [0.25, 0.3) is 0 Å². The maximum atomic E-state index is 5.72. The van der Waals surface area contributed by atoms with Gasteiger partial charge in [0.2, 0.25) is 0 Å². The lowest BCUT2D eigenvalue weighted by molar-refractivity contribution is -0.180. The zero-order chi connectivity index (χ0) is 13.1. The van der Waals surface area contributed by atoms with Crippen molar-refractivity contribution < 1.29 is 9.47 Å². The summed E-state index contributed by atoms with van der Waals surface area (Å²) in [6.45, 7) is 3.75. The van der Waals surface area contributed by atoms with Crippen LogP contribution in [-0.4, -0.2) is 13.2 Å². The highest BCUT2D eigenvalue weighted by Gasteiger charge is 2.21. The minimum Gasteiger partial charge on any atom is -0.348 e. The van der Waals surface area contributed by atoms with Crippen LogP contribution in [0.15, 0.2) is 35.7 Å².